The Morgan fingerprint density at radius 1 is 1.23 bits per heavy atom. The molecule has 1 aliphatic carbocycles. The van der Waals surface area contributed by atoms with Gasteiger partial charge in [0.25, 0.3) is 5.56 Å². The summed E-state index contributed by atoms with van der Waals surface area (Å²) >= 11 is 0. The number of ether oxygens (including phenoxy) is 2. The molecular formula is C22H25N5O3. The second kappa shape index (κ2) is 8.52. The molecule has 1 saturated carbocycles. The maximum Gasteiger partial charge on any atom is 0.290 e. The van der Waals surface area contributed by atoms with E-state index in [9.17, 15) is 4.79 Å². The van der Waals surface area contributed by atoms with E-state index in [1.807, 2.05) is 31.2 Å². The van der Waals surface area contributed by atoms with Crippen molar-refractivity contribution in [3.05, 3.63) is 70.0 Å². The van der Waals surface area contributed by atoms with Crippen LogP contribution in [0.3, 0.4) is 0 Å². The van der Waals surface area contributed by atoms with Crippen molar-refractivity contribution < 1.29 is 9.47 Å². The third-order valence-electron chi connectivity index (χ3n) is 5.22. The largest absolute Gasteiger partial charge is 0.495 e. The number of aromatic nitrogens is 4. The zero-order valence-electron chi connectivity index (χ0n) is 17.3. The number of hydrogen-bond donors (Lipinski definition) is 1. The van der Waals surface area contributed by atoms with Gasteiger partial charge in [-0.15, -0.1) is 5.10 Å². The Bertz CT molecular complexity index is 1080. The first-order valence-electron chi connectivity index (χ1n) is 9.90. The molecule has 30 heavy (non-hydrogen) atoms. The molecule has 0 unspecified atom stereocenters. The van der Waals surface area contributed by atoms with Crippen molar-refractivity contribution in [3.8, 4) is 11.6 Å². The lowest BCUT2D eigenvalue weighted by Crippen LogP contribution is -2.24. The van der Waals surface area contributed by atoms with E-state index in [1.165, 1.54) is 4.68 Å². The maximum absolute atomic E-state index is 12.4. The minimum Gasteiger partial charge on any atom is -0.495 e. The molecule has 0 aromatic carbocycles. The zero-order valence-corrected chi connectivity index (χ0v) is 17.3. The Morgan fingerprint density at radius 3 is 2.83 bits per heavy atom. The Balaban J connectivity index is 1.37. The van der Waals surface area contributed by atoms with Crippen LogP contribution in [0, 0.1) is 12.8 Å². The highest BCUT2D eigenvalue weighted by Gasteiger charge is 2.40. The normalized spacial score (nSPS) is 17.4. The summed E-state index contributed by atoms with van der Waals surface area (Å²) in [7, 11) is 3.25. The van der Waals surface area contributed by atoms with Crippen molar-refractivity contribution >= 4 is 5.69 Å². The average Bonchev–Trinajstić information content (AvgIpc) is 3.53. The second-order valence-corrected chi connectivity index (χ2v) is 7.54. The minimum atomic E-state index is -0.207. The summed E-state index contributed by atoms with van der Waals surface area (Å²) in [6.07, 6.45) is 4.52. The molecule has 1 fully saturated rings. The van der Waals surface area contributed by atoms with Gasteiger partial charge in [-0.3, -0.25) is 14.8 Å². The van der Waals surface area contributed by atoms with Crippen molar-refractivity contribution in [1.82, 2.24) is 19.7 Å². The summed E-state index contributed by atoms with van der Waals surface area (Å²) < 4.78 is 12.3. The van der Waals surface area contributed by atoms with Crippen molar-refractivity contribution in [2.24, 2.45) is 13.0 Å². The molecule has 4 rings (SSSR count). The maximum atomic E-state index is 12.4. The van der Waals surface area contributed by atoms with Gasteiger partial charge in [-0.05, 0) is 43.2 Å². The van der Waals surface area contributed by atoms with Crippen molar-refractivity contribution in [2.75, 3.05) is 19.0 Å². The van der Waals surface area contributed by atoms with Gasteiger partial charge >= 0.3 is 0 Å². The first-order chi connectivity index (χ1) is 14.5. The molecule has 8 heteroatoms. The van der Waals surface area contributed by atoms with E-state index < -0.39 is 0 Å². The van der Waals surface area contributed by atoms with Crippen molar-refractivity contribution in [2.45, 2.75) is 25.8 Å². The van der Waals surface area contributed by atoms with Crippen LogP contribution in [0.1, 0.15) is 29.3 Å². The molecule has 3 aromatic heterocycles. The number of nitrogens with zero attached hydrogens (tertiary/aromatic N) is 4. The number of pyridine rings is 2. The quantitative estimate of drug-likeness (QED) is 0.614. The summed E-state index contributed by atoms with van der Waals surface area (Å²) in [5.74, 6) is 1.94. The van der Waals surface area contributed by atoms with E-state index >= 15 is 0 Å². The summed E-state index contributed by atoms with van der Waals surface area (Å²) in [4.78, 5) is 21.2. The summed E-state index contributed by atoms with van der Waals surface area (Å²) in [6.45, 7) is 2.99. The Morgan fingerprint density at radius 2 is 2.10 bits per heavy atom. The number of methoxy groups -OCH3 is 1. The molecule has 0 bridgehead atoms. The molecule has 1 aliphatic rings. The van der Waals surface area contributed by atoms with Crippen LogP contribution < -0.4 is 20.3 Å². The third kappa shape index (κ3) is 4.59. The monoisotopic (exact) mass is 407 g/mol. The van der Waals surface area contributed by atoms with Crippen LogP contribution in [0.15, 0.2) is 47.5 Å². The van der Waals surface area contributed by atoms with E-state index in [2.05, 4.69) is 20.4 Å². The lowest BCUT2D eigenvalue weighted by Gasteiger charge is -2.11. The van der Waals surface area contributed by atoms with Gasteiger partial charge in [0.1, 0.15) is 11.4 Å². The lowest BCUT2D eigenvalue weighted by molar-refractivity contribution is 0.278. The minimum absolute atomic E-state index is 0.207. The molecular weight excluding hydrogens is 382 g/mol. The van der Waals surface area contributed by atoms with Crippen LogP contribution in [-0.2, 0) is 13.6 Å². The van der Waals surface area contributed by atoms with Crippen molar-refractivity contribution in [1.29, 1.82) is 0 Å². The molecule has 0 amide bonds. The van der Waals surface area contributed by atoms with E-state index in [-0.39, 0.29) is 5.56 Å². The van der Waals surface area contributed by atoms with Gasteiger partial charge in [0.05, 0.1) is 32.2 Å². The van der Waals surface area contributed by atoms with E-state index in [0.717, 1.165) is 29.1 Å². The predicted octanol–water partition coefficient (Wildman–Crippen LogP) is 2.68. The molecule has 3 heterocycles. The fourth-order valence-corrected chi connectivity index (χ4v) is 3.38. The average molecular weight is 407 g/mol. The van der Waals surface area contributed by atoms with Crippen LogP contribution >= 0.6 is 0 Å². The van der Waals surface area contributed by atoms with Gasteiger partial charge < -0.3 is 14.8 Å². The molecule has 3 aromatic rings. The van der Waals surface area contributed by atoms with Gasteiger partial charge in [-0.25, -0.2) is 4.68 Å². The highest BCUT2D eigenvalue weighted by atomic mass is 16.5. The summed E-state index contributed by atoms with van der Waals surface area (Å²) in [5, 5.41) is 7.37. The third-order valence-corrected chi connectivity index (χ3v) is 5.22. The topological polar surface area (TPSA) is 91.2 Å². The molecule has 8 nitrogen and oxygen atoms in total. The standard InChI is InChI=1S/C22H25N5O3/c1-14-6-7-23-16(8-14)11-24-20-10-21(26-27(2)22(20)28)30-13-15-9-18(15)19-5-4-17(29-3)12-25-19/h4-8,10,12,15,18,24H,9,11,13H2,1-3H3/t15-,18+/m1/s1. The van der Waals surface area contributed by atoms with E-state index in [0.29, 0.717) is 36.6 Å². The molecule has 2 atom stereocenters. The first-order valence-corrected chi connectivity index (χ1v) is 9.90. The smallest absolute Gasteiger partial charge is 0.290 e. The Hall–Kier alpha value is -3.42. The molecule has 1 N–H and O–H groups in total. The molecule has 0 saturated heterocycles. The number of nitrogens with one attached hydrogen (secondary N) is 1. The molecule has 0 radical (unpaired) electrons. The number of rotatable bonds is 8. The molecule has 0 aliphatic heterocycles. The van der Waals surface area contributed by atoms with Crippen LogP contribution in [-0.4, -0.2) is 33.5 Å². The Labute approximate surface area is 174 Å². The SMILES string of the molecule is COc1ccc([C@H]2C[C@@H]2COc2cc(NCc3cc(C)ccn3)c(=O)n(C)n2)nc1. The predicted molar refractivity (Wildman–Crippen MR) is 113 cm³/mol. The summed E-state index contributed by atoms with van der Waals surface area (Å²) in [6, 6.07) is 9.49. The fourth-order valence-electron chi connectivity index (χ4n) is 3.38. The highest BCUT2D eigenvalue weighted by molar-refractivity contribution is 5.43. The van der Waals surface area contributed by atoms with Crippen molar-refractivity contribution in [3.63, 3.8) is 0 Å². The van der Waals surface area contributed by atoms with E-state index in [4.69, 9.17) is 9.47 Å². The van der Waals surface area contributed by atoms with Gasteiger partial charge in [0, 0.05) is 36.8 Å². The first kappa shape index (κ1) is 19.9. The highest BCUT2D eigenvalue weighted by Crippen LogP contribution is 2.46. The zero-order chi connectivity index (χ0) is 21.1. The van der Waals surface area contributed by atoms with Gasteiger partial charge in [-0.2, -0.15) is 0 Å². The van der Waals surface area contributed by atoms with Crippen LogP contribution in [0.5, 0.6) is 11.6 Å². The second-order valence-electron chi connectivity index (χ2n) is 7.54. The van der Waals surface area contributed by atoms with Gasteiger partial charge in [0.2, 0.25) is 5.88 Å². The number of anilines is 1. The molecule has 156 valence electrons. The Kier molecular flexibility index (Phi) is 5.65. The number of hydrogen-bond acceptors (Lipinski definition) is 7. The van der Waals surface area contributed by atoms with E-state index in [1.54, 1.807) is 32.6 Å². The molecule has 0 spiro atoms. The van der Waals surface area contributed by atoms with Crippen LogP contribution in [0.4, 0.5) is 5.69 Å². The fraction of sp³-hybridized carbons (Fsp3) is 0.364. The van der Waals surface area contributed by atoms with Gasteiger partial charge in [0.15, 0.2) is 0 Å². The summed E-state index contributed by atoms with van der Waals surface area (Å²) in [5.41, 5.74) is 3.27. The lowest BCUT2D eigenvalue weighted by atomic mass is 10.2. The van der Waals surface area contributed by atoms with Crippen LogP contribution in [0.25, 0.3) is 0 Å². The number of aryl methyl sites for hydroxylation is 2. The van der Waals surface area contributed by atoms with Gasteiger partial charge in [-0.1, -0.05) is 0 Å². The van der Waals surface area contributed by atoms with Crippen LogP contribution in [0.2, 0.25) is 0 Å².